The lowest BCUT2D eigenvalue weighted by atomic mass is 9.99. The van der Waals surface area contributed by atoms with E-state index in [1.165, 1.54) is 0 Å². The van der Waals surface area contributed by atoms with Crippen molar-refractivity contribution in [3.05, 3.63) is 71.9 Å². The number of likely N-dealkylation sites (tertiary alicyclic amines) is 1. The van der Waals surface area contributed by atoms with Crippen molar-refractivity contribution < 1.29 is 9.59 Å². The first-order valence-electron chi connectivity index (χ1n) is 11.5. The summed E-state index contributed by atoms with van der Waals surface area (Å²) in [5, 5.41) is 16.9. The summed E-state index contributed by atoms with van der Waals surface area (Å²) in [6.45, 7) is 5.79. The number of piperidine rings is 1. The van der Waals surface area contributed by atoms with Crippen LogP contribution in [0.25, 0.3) is 22.0 Å². The Labute approximate surface area is 204 Å². The van der Waals surface area contributed by atoms with Crippen molar-refractivity contribution in [1.82, 2.24) is 15.2 Å². The topological polar surface area (TPSA) is 124 Å². The number of fused-ring (bicyclic) bond motifs is 1. The summed E-state index contributed by atoms with van der Waals surface area (Å²) < 4.78 is 0. The molecule has 2 heterocycles. The van der Waals surface area contributed by atoms with E-state index in [-0.39, 0.29) is 18.5 Å². The van der Waals surface area contributed by atoms with Crippen LogP contribution in [0.1, 0.15) is 33.7 Å². The molecular formula is C27H28N6O2. The monoisotopic (exact) mass is 468 g/mol. The number of primary amides is 1. The molecule has 0 unspecified atom stereocenters. The van der Waals surface area contributed by atoms with Crippen molar-refractivity contribution in [3.8, 4) is 17.3 Å². The summed E-state index contributed by atoms with van der Waals surface area (Å²) in [7, 11) is 2.08. The van der Waals surface area contributed by atoms with E-state index in [1.54, 1.807) is 12.1 Å². The van der Waals surface area contributed by atoms with Gasteiger partial charge in [-0.1, -0.05) is 30.8 Å². The largest absolute Gasteiger partial charge is 0.379 e. The Morgan fingerprint density at radius 2 is 1.94 bits per heavy atom. The van der Waals surface area contributed by atoms with Gasteiger partial charge < -0.3 is 21.3 Å². The number of aromatic nitrogens is 1. The molecule has 3 aromatic rings. The molecule has 1 aliphatic rings. The van der Waals surface area contributed by atoms with Gasteiger partial charge in [-0.05, 0) is 62.6 Å². The van der Waals surface area contributed by atoms with Crippen LogP contribution in [0.2, 0.25) is 0 Å². The first kappa shape index (κ1) is 23.9. The Hall–Kier alpha value is -4.22. The zero-order chi connectivity index (χ0) is 24.9. The summed E-state index contributed by atoms with van der Waals surface area (Å²) >= 11 is 0. The van der Waals surface area contributed by atoms with Gasteiger partial charge in [0.25, 0.3) is 11.8 Å². The fraction of sp³-hybridized carbons (Fsp3) is 0.259. The number of carbonyl (C=O) groups is 2. The van der Waals surface area contributed by atoms with Crippen LogP contribution in [0.3, 0.4) is 0 Å². The second kappa shape index (κ2) is 10.4. The van der Waals surface area contributed by atoms with Crippen molar-refractivity contribution in [2.75, 3.05) is 32.0 Å². The summed E-state index contributed by atoms with van der Waals surface area (Å²) in [6.07, 6.45) is 1.84. The number of anilines is 1. The number of carbonyl (C=O) groups excluding carboxylic acids is 2. The number of amides is 2. The first-order valence-corrected chi connectivity index (χ1v) is 11.5. The van der Waals surface area contributed by atoms with E-state index in [2.05, 4.69) is 34.1 Å². The fourth-order valence-corrected chi connectivity index (χ4v) is 4.24. The average molecular weight is 469 g/mol. The van der Waals surface area contributed by atoms with Gasteiger partial charge in [0.1, 0.15) is 5.69 Å². The number of hydrogen-bond donors (Lipinski definition) is 3. The van der Waals surface area contributed by atoms with Gasteiger partial charge in [-0.2, -0.15) is 5.26 Å². The predicted molar refractivity (Wildman–Crippen MR) is 137 cm³/mol. The maximum atomic E-state index is 12.9. The number of hydrogen-bond acceptors (Lipinski definition) is 6. The molecule has 2 aromatic carbocycles. The Kier molecular flexibility index (Phi) is 7.09. The van der Waals surface area contributed by atoms with Gasteiger partial charge in [-0.15, -0.1) is 0 Å². The van der Waals surface area contributed by atoms with Crippen LogP contribution in [0.4, 0.5) is 5.69 Å². The lowest BCUT2D eigenvalue weighted by molar-refractivity contribution is 0.0911. The van der Waals surface area contributed by atoms with Crippen molar-refractivity contribution in [2.24, 2.45) is 5.73 Å². The molecule has 178 valence electrons. The smallest absolute Gasteiger partial charge is 0.270 e. The van der Waals surface area contributed by atoms with Crippen LogP contribution in [-0.2, 0) is 0 Å². The molecule has 2 amide bonds. The van der Waals surface area contributed by atoms with Crippen molar-refractivity contribution in [2.45, 2.75) is 18.9 Å². The zero-order valence-corrected chi connectivity index (χ0v) is 19.7. The van der Waals surface area contributed by atoms with Crippen molar-refractivity contribution in [1.29, 1.82) is 5.26 Å². The maximum absolute atomic E-state index is 12.9. The molecule has 0 saturated carbocycles. The van der Waals surface area contributed by atoms with E-state index in [0.717, 1.165) is 42.3 Å². The zero-order valence-electron chi connectivity index (χ0n) is 19.7. The summed E-state index contributed by atoms with van der Waals surface area (Å²) in [4.78, 5) is 31.8. The van der Waals surface area contributed by atoms with Gasteiger partial charge in [-0.3, -0.25) is 9.59 Å². The highest BCUT2D eigenvalue weighted by molar-refractivity contribution is 6.08. The number of benzene rings is 2. The molecule has 8 heteroatoms. The Morgan fingerprint density at radius 1 is 1.20 bits per heavy atom. The summed E-state index contributed by atoms with van der Waals surface area (Å²) in [5.74, 6) is -0.761. The SMILES string of the molecule is C=C(C#N)CNc1c(C(N)=O)ccc2ccc(-c3cccc(C(=O)NC4CCN(C)CC4)n3)cc12. The highest BCUT2D eigenvalue weighted by Crippen LogP contribution is 2.31. The summed E-state index contributed by atoms with van der Waals surface area (Å²) in [6, 6.07) is 16.7. The average Bonchev–Trinajstić information content (AvgIpc) is 2.87. The minimum atomic E-state index is -0.576. The second-order valence-corrected chi connectivity index (χ2v) is 8.82. The quantitative estimate of drug-likeness (QED) is 0.457. The van der Waals surface area contributed by atoms with Crippen LogP contribution in [-0.4, -0.2) is 54.4 Å². The standard InChI is InChI=1S/C27H28N6O2/c1-17(15-28)16-30-25-21(26(29)34)9-8-18-6-7-19(14-22(18)25)23-4-3-5-24(32-23)27(35)31-20-10-12-33(2)13-11-20/h3-9,14,20,30H,1,10-13,16H2,2H3,(H2,29,34)(H,31,35). The third kappa shape index (κ3) is 5.48. The fourth-order valence-electron chi connectivity index (χ4n) is 4.24. The Morgan fingerprint density at radius 3 is 2.66 bits per heavy atom. The Balaban J connectivity index is 1.65. The highest BCUT2D eigenvalue weighted by atomic mass is 16.2. The van der Waals surface area contributed by atoms with Crippen molar-refractivity contribution >= 4 is 28.3 Å². The van der Waals surface area contributed by atoms with Gasteiger partial charge in [-0.25, -0.2) is 4.98 Å². The summed E-state index contributed by atoms with van der Waals surface area (Å²) in [5.41, 5.74) is 8.57. The van der Waals surface area contributed by atoms with Gasteiger partial charge in [0, 0.05) is 29.1 Å². The molecule has 0 aliphatic carbocycles. The molecule has 1 saturated heterocycles. The van der Waals surface area contributed by atoms with Crippen LogP contribution >= 0.6 is 0 Å². The Bertz CT molecular complexity index is 1340. The molecule has 1 fully saturated rings. The molecule has 35 heavy (non-hydrogen) atoms. The van der Waals surface area contributed by atoms with E-state index in [9.17, 15) is 9.59 Å². The second-order valence-electron chi connectivity index (χ2n) is 8.82. The van der Waals surface area contributed by atoms with E-state index < -0.39 is 5.91 Å². The molecule has 0 spiro atoms. The van der Waals surface area contributed by atoms with Crippen LogP contribution in [0.15, 0.2) is 60.7 Å². The van der Waals surface area contributed by atoms with E-state index >= 15 is 0 Å². The van der Waals surface area contributed by atoms with Gasteiger partial charge in [0.2, 0.25) is 0 Å². The van der Waals surface area contributed by atoms with Crippen LogP contribution in [0, 0.1) is 11.3 Å². The molecule has 4 N–H and O–H groups in total. The molecular weight excluding hydrogens is 440 g/mol. The normalized spacial score (nSPS) is 14.3. The van der Waals surface area contributed by atoms with Crippen LogP contribution in [0.5, 0.6) is 0 Å². The third-order valence-electron chi connectivity index (χ3n) is 6.25. The molecule has 1 aromatic heterocycles. The number of rotatable bonds is 7. The molecule has 8 nitrogen and oxygen atoms in total. The van der Waals surface area contributed by atoms with Gasteiger partial charge in [0.05, 0.1) is 23.0 Å². The molecule has 0 atom stereocenters. The number of nitrogens with zero attached hydrogens (tertiary/aromatic N) is 3. The van der Waals surface area contributed by atoms with E-state index in [1.807, 2.05) is 42.5 Å². The van der Waals surface area contributed by atoms with Gasteiger partial charge >= 0.3 is 0 Å². The highest BCUT2D eigenvalue weighted by Gasteiger charge is 2.20. The minimum absolute atomic E-state index is 0.147. The molecule has 4 rings (SSSR count). The maximum Gasteiger partial charge on any atom is 0.270 e. The number of pyridine rings is 1. The van der Waals surface area contributed by atoms with E-state index in [0.29, 0.717) is 28.2 Å². The molecule has 1 aliphatic heterocycles. The lowest BCUT2D eigenvalue weighted by Crippen LogP contribution is -2.43. The lowest BCUT2D eigenvalue weighted by Gasteiger charge is -2.29. The first-order chi connectivity index (χ1) is 16.9. The van der Waals surface area contributed by atoms with Crippen LogP contribution < -0.4 is 16.4 Å². The molecule has 0 bridgehead atoms. The third-order valence-corrected chi connectivity index (χ3v) is 6.25. The van der Waals surface area contributed by atoms with E-state index in [4.69, 9.17) is 11.0 Å². The number of nitrogens with two attached hydrogens (primary N) is 1. The minimum Gasteiger partial charge on any atom is -0.379 e. The predicted octanol–water partition coefficient (Wildman–Crippen LogP) is 3.32. The molecule has 0 radical (unpaired) electrons. The van der Waals surface area contributed by atoms with Gasteiger partial charge in [0.15, 0.2) is 0 Å². The van der Waals surface area contributed by atoms with Crippen molar-refractivity contribution in [3.63, 3.8) is 0 Å². The number of nitrogens with one attached hydrogen (secondary N) is 2. The number of nitriles is 1.